The number of hydrogen-bond acceptors (Lipinski definition) is 4. The third-order valence-corrected chi connectivity index (χ3v) is 4.97. The summed E-state index contributed by atoms with van der Waals surface area (Å²) >= 11 is 0. The first-order valence-corrected chi connectivity index (χ1v) is 9.10. The average Bonchev–Trinajstić information content (AvgIpc) is 3.10. The van der Waals surface area contributed by atoms with Crippen molar-refractivity contribution < 1.29 is 4.42 Å². The van der Waals surface area contributed by atoms with E-state index in [1.165, 1.54) is 5.69 Å². The Morgan fingerprint density at radius 1 is 0.960 bits per heavy atom. The lowest BCUT2D eigenvalue weighted by Crippen LogP contribution is -2.46. The Balaban J connectivity index is 1.41. The molecule has 1 fully saturated rings. The zero-order chi connectivity index (χ0) is 17.1. The van der Waals surface area contributed by atoms with Crippen LogP contribution >= 0.6 is 0 Å². The highest BCUT2D eigenvalue weighted by Crippen LogP contribution is 2.23. The predicted molar refractivity (Wildman–Crippen MR) is 104 cm³/mol. The van der Waals surface area contributed by atoms with Gasteiger partial charge in [-0.2, -0.15) is 0 Å². The van der Waals surface area contributed by atoms with E-state index in [9.17, 15) is 0 Å². The molecule has 1 aromatic heterocycles. The number of likely N-dealkylation sites (N-methyl/N-ethyl adjacent to an activating group) is 1. The van der Waals surface area contributed by atoms with Crippen molar-refractivity contribution in [3.05, 3.63) is 60.4 Å². The molecule has 2 aromatic carbocycles. The van der Waals surface area contributed by atoms with Crippen molar-refractivity contribution in [3.63, 3.8) is 0 Å². The normalized spacial score (nSPS) is 15.6. The molecule has 4 heteroatoms. The topological polar surface area (TPSA) is 31.6 Å². The Labute approximate surface area is 149 Å². The second kappa shape index (κ2) is 7.19. The molecule has 0 unspecified atom stereocenters. The van der Waals surface area contributed by atoms with Crippen LogP contribution in [0.4, 0.5) is 11.4 Å². The van der Waals surface area contributed by atoms with Gasteiger partial charge < -0.3 is 19.5 Å². The highest BCUT2D eigenvalue weighted by Gasteiger charge is 2.15. The Morgan fingerprint density at radius 3 is 2.60 bits per heavy atom. The summed E-state index contributed by atoms with van der Waals surface area (Å²) < 4.78 is 5.88. The minimum atomic E-state index is 0.696. The molecule has 130 valence electrons. The molecule has 3 aromatic rings. The SMILES string of the molecule is CCN1CCN(c2cccc(NCc3cc4ccccc4o3)c2)CC1. The maximum Gasteiger partial charge on any atom is 0.134 e. The molecule has 0 saturated carbocycles. The van der Waals surface area contributed by atoms with Crippen LogP contribution in [0.25, 0.3) is 11.0 Å². The van der Waals surface area contributed by atoms with E-state index in [1.807, 2.05) is 18.2 Å². The number of hydrogen-bond donors (Lipinski definition) is 1. The Morgan fingerprint density at radius 2 is 1.80 bits per heavy atom. The number of anilines is 2. The zero-order valence-corrected chi connectivity index (χ0v) is 14.7. The molecule has 1 N–H and O–H groups in total. The fourth-order valence-electron chi connectivity index (χ4n) is 3.45. The number of furan rings is 1. The molecule has 1 aliphatic rings. The van der Waals surface area contributed by atoms with Gasteiger partial charge in [0.25, 0.3) is 0 Å². The van der Waals surface area contributed by atoms with Crippen molar-refractivity contribution in [2.24, 2.45) is 0 Å². The molecule has 25 heavy (non-hydrogen) atoms. The maximum atomic E-state index is 5.88. The van der Waals surface area contributed by atoms with Gasteiger partial charge in [-0.15, -0.1) is 0 Å². The number of para-hydroxylation sites is 1. The minimum Gasteiger partial charge on any atom is -0.459 e. The minimum absolute atomic E-state index is 0.696. The van der Waals surface area contributed by atoms with E-state index in [2.05, 4.69) is 58.4 Å². The van der Waals surface area contributed by atoms with E-state index in [-0.39, 0.29) is 0 Å². The molecule has 4 rings (SSSR count). The molecule has 4 nitrogen and oxygen atoms in total. The van der Waals surface area contributed by atoms with Gasteiger partial charge >= 0.3 is 0 Å². The van der Waals surface area contributed by atoms with Crippen molar-refractivity contribution in [2.45, 2.75) is 13.5 Å². The molecule has 1 saturated heterocycles. The lowest BCUT2D eigenvalue weighted by atomic mass is 10.2. The van der Waals surface area contributed by atoms with Crippen LogP contribution in [-0.4, -0.2) is 37.6 Å². The summed E-state index contributed by atoms with van der Waals surface area (Å²) in [6.45, 7) is 8.56. The van der Waals surface area contributed by atoms with Crippen LogP contribution in [0.2, 0.25) is 0 Å². The van der Waals surface area contributed by atoms with Crippen molar-refractivity contribution in [2.75, 3.05) is 42.9 Å². The van der Waals surface area contributed by atoms with Crippen LogP contribution in [0.1, 0.15) is 12.7 Å². The summed E-state index contributed by atoms with van der Waals surface area (Å²) in [5, 5.41) is 4.64. The summed E-state index contributed by atoms with van der Waals surface area (Å²) in [4.78, 5) is 4.97. The zero-order valence-electron chi connectivity index (χ0n) is 14.7. The van der Waals surface area contributed by atoms with Crippen LogP contribution in [-0.2, 0) is 6.54 Å². The number of piperazine rings is 1. The quantitative estimate of drug-likeness (QED) is 0.758. The monoisotopic (exact) mass is 335 g/mol. The molecule has 0 aliphatic carbocycles. The average molecular weight is 335 g/mol. The highest BCUT2D eigenvalue weighted by atomic mass is 16.3. The molecule has 2 heterocycles. The first-order valence-electron chi connectivity index (χ1n) is 9.10. The fraction of sp³-hybridized carbons (Fsp3) is 0.333. The number of nitrogens with one attached hydrogen (secondary N) is 1. The lowest BCUT2D eigenvalue weighted by Gasteiger charge is -2.35. The van der Waals surface area contributed by atoms with Gasteiger partial charge in [-0.05, 0) is 36.9 Å². The van der Waals surface area contributed by atoms with Gasteiger partial charge in [0.1, 0.15) is 11.3 Å². The number of nitrogens with zero attached hydrogens (tertiary/aromatic N) is 2. The van der Waals surface area contributed by atoms with Crippen LogP contribution in [0, 0.1) is 0 Å². The maximum absolute atomic E-state index is 5.88. The third-order valence-electron chi connectivity index (χ3n) is 4.97. The van der Waals surface area contributed by atoms with Gasteiger partial charge in [-0.3, -0.25) is 0 Å². The van der Waals surface area contributed by atoms with E-state index >= 15 is 0 Å². The number of benzene rings is 2. The molecule has 0 bridgehead atoms. The first kappa shape index (κ1) is 16.0. The highest BCUT2D eigenvalue weighted by molar-refractivity contribution is 5.77. The fourth-order valence-corrected chi connectivity index (χ4v) is 3.45. The van der Waals surface area contributed by atoms with Gasteiger partial charge in [0.15, 0.2) is 0 Å². The largest absolute Gasteiger partial charge is 0.459 e. The van der Waals surface area contributed by atoms with E-state index in [0.717, 1.165) is 55.1 Å². The standard InChI is InChI=1S/C21H25N3O/c1-2-23-10-12-24(13-11-23)19-8-5-7-18(15-19)22-16-20-14-17-6-3-4-9-21(17)25-20/h3-9,14-15,22H,2,10-13,16H2,1H3. The van der Waals surface area contributed by atoms with Gasteiger partial charge in [0.05, 0.1) is 6.54 Å². The molecule has 0 radical (unpaired) electrons. The summed E-state index contributed by atoms with van der Waals surface area (Å²) in [7, 11) is 0. The van der Waals surface area contributed by atoms with E-state index < -0.39 is 0 Å². The molecule has 0 amide bonds. The third kappa shape index (κ3) is 3.64. The summed E-state index contributed by atoms with van der Waals surface area (Å²) in [6.07, 6.45) is 0. The Bertz CT molecular complexity index is 801. The second-order valence-electron chi connectivity index (χ2n) is 6.58. The Kier molecular flexibility index (Phi) is 4.61. The van der Waals surface area contributed by atoms with E-state index in [0.29, 0.717) is 6.54 Å². The Hall–Kier alpha value is -2.46. The lowest BCUT2D eigenvalue weighted by molar-refractivity contribution is 0.271. The van der Waals surface area contributed by atoms with Crippen molar-refractivity contribution in [3.8, 4) is 0 Å². The molecular formula is C21H25N3O. The van der Waals surface area contributed by atoms with Crippen LogP contribution in [0.5, 0.6) is 0 Å². The summed E-state index contributed by atoms with van der Waals surface area (Å²) in [5.74, 6) is 0.961. The molecule has 1 aliphatic heterocycles. The van der Waals surface area contributed by atoms with Crippen molar-refractivity contribution in [1.29, 1.82) is 0 Å². The second-order valence-corrected chi connectivity index (χ2v) is 6.58. The summed E-state index contributed by atoms with van der Waals surface area (Å²) in [6, 6.07) is 18.9. The van der Waals surface area contributed by atoms with Crippen LogP contribution < -0.4 is 10.2 Å². The van der Waals surface area contributed by atoms with Crippen molar-refractivity contribution in [1.82, 2.24) is 4.90 Å². The van der Waals surface area contributed by atoms with Crippen LogP contribution in [0.3, 0.4) is 0 Å². The van der Waals surface area contributed by atoms with Gasteiger partial charge in [-0.1, -0.05) is 31.2 Å². The van der Waals surface area contributed by atoms with Gasteiger partial charge in [0.2, 0.25) is 0 Å². The molecule has 0 atom stereocenters. The summed E-state index contributed by atoms with van der Waals surface area (Å²) in [5.41, 5.74) is 3.38. The number of fused-ring (bicyclic) bond motifs is 1. The van der Waals surface area contributed by atoms with Gasteiger partial charge in [-0.25, -0.2) is 0 Å². The van der Waals surface area contributed by atoms with Crippen molar-refractivity contribution >= 4 is 22.3 Å². The van der Waals surface area contributed by atoms with Gasteiger partial charge in [0, 0.05) is 42.9 Å². The first-order chi connectivity index (χ1) is 12.3. The van der Waals surface area contributed by atoms with E-state index in [4.69, 9.17) is 4.42 Å². The van der Waals surface area contributed by atoms with E-state index in [1.54, 1.807) is 0 Å². The number of rotatable bonds is 5. The molecular weight excluding hydrogens is 310 g/mol. The predicted octanol–water partition coefficient (Wildman–Crippen LogP) is 4.19. The molecule has 0 spiro atoms. The van der Waals surface area contributed by atoms with Crippen LogP contribution in [0.15, 0.2) is 59.0 Å². The smallest absolute Gasteiger partial charge is 0.134 e.